The van der Waals surface area contributed by atoms with E-state index in [0.29, 0.717) is 28.8 Å². The Morgan fingerprint density at radius 3 is 2.79 bits per heavy atom. The average molecular weight is 512 g/mol. The minimum absolute atomic E-state index is 0.0652. The number of hydrogen-bond donors (Lipinski definition) is 3. The largest absolute Gasteiger partial charge is 0.477 e. The molecule has 2 aromatic heterocycles. The fourth-order valence-electron chi connectivity index (χ4n) is 3.59. The van der Waals surface area contributed by atoms with Gasteiger partial charge in [-0.15, -0.1) is 28.2 Å². The van der Waals surface area contributed by atoms with Gasteiger partial charge in [0.05, 0.1) is 6.42 Å². The second-order valence-corrected chi connectivity index (χ2v) is 10.5. The summed E-state index contributed by atoms with van der Waals surface area (Å²) in [7, 11) is 3.01. The van der Waals surface area contributed by atoms with Crippen molar-refractivity contribution in [2.75, 3.05) is 18.6 Å². The molecule has 2 aromatic rings. The Labute approximate surface area is 200 Å². The van der Waals surface area contributed by atoms with Crippen molar-refractivity contribution in [1.29, 1.82) is 0 Å². The summed E-state index contributed by atoms with van der Waals surface area (Å²) in [6.07, 6.45) is 0.0652. The summed E-state index contributed by atoms with van der Waals surface area (Å²) in [6, 6.07) is 3.67. The van der Waals surface area contributed by atoms with E-state index in [1.54, 1.807) is 7.05 Å². The van der Waals surface area contributed by atoms with Gasteiger partial charge in [-0.2, -0.15) is 0 Å². The van der Waals surface area contributed by atoms with Crippen LogP contribution in [0.25, 0.3) is 0 Å². The number of carbonyl (C=O) groups is 3. The van der Waals surface area contributed by atoms with Crippen molar-refractivity contribution in [1.82, 2.24) is 30.4 Å². The predicted molar refractivity (Wildman–Crippen MR) is 121 cm³/mol. The van der Waals surface area contributed by atoms with Crippen LogP contribution in [0.15, 0.2) is 28.6 Å². The van der Waals surface area contributed by atoms with Gasteiger partial charge >= 0.3 is 5.97 Å². The summed E-state index contributed by atoms with van der Waals surface area (Å²) in [6.45, 7) is 0.387. The number of nitrogens with one attached hydrogen (secondary N) is 1. The lowest BCUT2D eigenvalue weighted by molar-refractivity contribution is -0.192. The number of aromatic nitrogens is 4. The predicted octanol–water partition coefficient (Wildman–Crippen LogP) is -0.222. The van der Waals surface area contributed by atoms with E-state index in [4.69, 9.17) is 10.5 Å². The zero-order valence-electron chi connectivity index (χ0n) is 17.7. The summed E-state index contributed by atoms with van der Waals surface area (Å²) in [4.78, 5) is 40.9. The number of thioether (sulfide) groups is 2. The van der Waals surface area contributed by atoms with Gasteiger partial charge in [0.2, 0.25) is 11.1 Å². The lowest BCUT2D eigenvalue weighted by Crippen LogP contribution is -2.80. The molecule has 0 saturated carbocycles. The molecule has 2 aliphatic heterocycles. The monoisotopic (exact) mass is 511 g/mol. The number of aryl methyl sites for hydroxylation is 1. The molecule has 2 amide bonds. The number of thiophene rings is 1. The second kappa shape index (κ2) is 9.42. The maximum atomic E-state index is 13.2. The summed E-state index contributed by atoms with van der Waals surface area (Å²) in [5.41, 5.74) is 4.46. The first kappa shape index (κ1) is 23.7. The van der Waals surface area contributed by atoms with Gasteiger partial charge in [-0.1, -0.05) is 11.8 Å². The standard InChI is InChI=1S/C18H21N7O5S3/c1-24-17(21-22-23-24)32-8-9-7-31-16-18(30-2,15(29)25(16)13(9)14(27)28)20-12(26)5-10-3-4-11(6-19)33-10/h3-4,16H,5-8,19H2,1-2H3,(H,20,26)(H,27,28)/t16-,18+/m1/s1. The lowest BCUT2D eigenvalue weighted by Gasteiger charge is -2.55. The van der Waals surface area contributed by atoms with Crippen molar-refractivity contribution < 1.29 is 24.2 Å². The first-order valence-electron chi connectivity index (χ1n) is 9.70. The summed E-state index contributed by atoms with van der Waals surface area (Å²) < 4.78 is 6.96. The molecule has 4 heterocycles. The van der Waals surface area contributed by atoms with Crippen LogP contribution in [0.1, 0.15) is 9.75 Å². The van der Waals surface area contributed by atoms with E-state index in [2.05, 4.69) is 20.8 Å². The minimum atomic E-state index is -1.62. The Morgan fingerprint density at radius 2 is 2.18 bits per heavy atom. The third-order valence-electron chi connectivity index (χ3n) is 5.17. The normalized spacial score (nSPS) is 22.2. The smallest absolute Gasteiger partial charge is 0.352 e. The summed E-state index contributed by atoms with van der Waals surface area (Å²) in [5.74, 6) is -1.59. The van der Waals surface area contributed by atoms with Crippen LogP contribution >= 0.6 is 34.9 Å². The van der Waals surface area contributed by atoms with Crippen molar-refractivity contribution in [3.63, 3.8) is 0 Å². The van der Waals surface area contributed by atoms with Gasteiger partial charge in [-0.3, -0.25) is 14.5 Å². The molecule has 12 nitrogen and oxygen atoms in total. The molecular weight excluding hydrogens is 490 g/mol. The van der Waals surface area contributed by atoms with E-state index in [1.807, 2.05) is 12.1 Å². The lowest BCUT2D eigenvalue weighted by atomic mass is 9.98. The zero-order valence-corrected chi connectivity index (χ0v) is 20.1. The molecule has 0 unspecified atom stereocenters. The number of nitrogens with two attached hydrogens (primary N) is 1. The number of amides is 2. The highest BCUT2D eigenvalue weighted by molar-refractivity contribution is 8.01. The van der Waals surface area contributed by atoms with Gasteiger partial charge in [-0.05, 0) is 28.1 Å². The Morgan fingerprint density at radius 1 is 1.42 bits per heavy atom. The average Bonchev–Trinajstić information content (AvgIpc) is 3.43. The number of carboxylic acids is 1. The number of methoxy groups -OCH3 is 1. The molecule has 1 fully saturated rings. The van der Waals surface area contributed by atoms with Gasteiger partial charge < -0.3 is 20.9 Å². The first-order chi connectivity index (χ1) is 15.8. The topological polar surface area (TPSA) is 166 Å². The second-order valence-electron chi connectivity index (χ2n) is 7.21. The van der Waals surface area contributed by atoms with E-state index >= 15 is 0 Å². The van der Waals surface area contributed by atoms with Crippen molar-refractivity contribution in [2.24, 2.45) is 12.8 Å². The van der Waals surface area contributed by atoms with Crippen LogP contribution in [0.3, 0.4) is 0 Å². The Hall–Kier alpha value is -2.46. The maximum absolute atomic E-state index is 13.2. The van der Waals surface area contributed by atoms with Crippen LogP contribution in [0.5, 0.6) is 0 Å². The van der Waals surface area contributed by atoms with Crippen LogP contribution < -0.4 is 11.1 Å². The van der Waals surface area contributed by atoms with Gasteiger partial charge in [0.25, 0.3) is 11.6 Å². The maximum Gasteiger partial charge on any atom is 0.352 e. The molecule has 15 heteroatoms. The highest BCUT2D eigenvalue weighted by Gasteiger charge is 2.66. The molecule has 0 aliphatic carbocycles. The number of β-lactam (4-membered cyclic amide) rings is 1. The highest BCUT2D eigenvalue weighted by atomic mass is 32.2. The number of aliphatic carboxylic acids is 1. The minimum Gasteiger partial charge on any atom is -0.477 e. The molecule has 2 aliphatic rings. The molecule has 0 aromatic carbocycles. The number of nitrogens with zero attached hydrogens (tertiary/aromatic N) is 5. The molecule has 4 N–H and O–H groups in total. The van der Waals surface area contributed by atoms with Crippen LogP contribution in [-0.2, 0) is 39.1 Å². The number of rotatable bonds is 9. The number of carbonyl (C=O) groups excluding carboxylic acids is 2. The fraction of sp³-hybridized carbons (Fsp3) is 0.444. The number of fused-ring (bicyclic) bond motifs is 1. The van der Waals surface area contributed by atoms with Gasteiger partial charge in [0.15, 0.2) is 0 Å². The van der Waals surface area contributed by atoms with Gasteiger partial charge in [-0.25, -0.2) is 9.48 Å². The molecule has 33 heavy (non-hydrogen) atoms. The summed E-state index contributed by atoms with van der Waals surface area (Å²) >= 11 is 4.03. The number of hydrogen-bond acceptors (Lipinski definition) is 11. The third-order valence-corrected chi connectivity index (χ3v) is 8.75. The van der Waals surface area contributed by atoms with Gasteiger partial charge in [0, 0.05) is 42.0 Å². The molecule has 176 valence electrons. The molecule has 0 spiro atoms. The van der Waals surface area contributed by atoms with Crippen LogP contribution in [0, 0.1) is 0 Å². The van der Waals surface area contributed by atoms with E-state index in [0.717, 1.165) is 9.75 Å². The van der Waals surface area contributed by atoms with Crippen molar-refractivity contribution >= 4 is 52.6 Å². The van der Waals surface area contributed by atoms with Crippen LogP contribution in [0.4, 0.5) is 0 Å². The number of tetrazole rings is 1. The molecular formula is C18H21N7O5S3. The van der Waals surface area contributed by atoms with E-state index < -0.39 is 28.9 Å². The Kier molecular flexibility index (Phi) is 6.76. The van der Waals surface area contributed by atoms with Crippen LogP contribution in [0.2, 0.25) is 0 Å². The van der Waals surface area contributed by atoms with E-state index in [-0.39, 0.29) is 12.1 Å². The number of carboxylic acid groups (broad SMARTS) is 1. The summed E-state index contributed by atoms with van der Waals surface area (Å²) in [5, 5.41) is 23.6. The zero-order chi connectivity index (χ0) is 23.8. The Bertz CT molecular complexity index is 1130. The van der Waals surface area contributed by atoms with E-state index in [9.17, 15) is 19.5 Å². The van der Waals surface area contributed by atoms with Crippen molar-refractivity contribution in [2.45, 2.75) is 29.2 Å². The fourth-order valence-corrected chi connectivity index (χ4v) is 6.91. The highest BCUT2D eigenvalue weighted by Crippen LogP contribution is 2.47. The number of ether oxygens (including phenoxy) is 1. The Balaban J connectivity index is 1.51. The quantitative estimate of drug-likeness (QED) is 0.231. The molecule has 0 radical (unpaired) electrons. The van der Waals surface area contributed by atoms with Crippen molar-refractivity contribution in [3.8, 4) is 0 Å². The molecule has 0 bridgehead atoms. The molecule has 2 atom stereocenters. The third kappa shape index (κ3) is 4.26. The SMILES string of the molecule is CO[C@@]1(NC(=O)Cc2ccc(CN)s2)C(=O)N2C(C(=O)O)=C(CSc3nnnn3C)CS[C@@H]21. The van der Waals surface area contributed by atoms with Crippen LogP contribution in [-0.4, -0.2) is 77.7 Å². The first-order valence-corrected chi connectivity index (χ1v) is 12.5. The van der Waals surface area contributed by atoms with Crippen molar-refractivity contribution in [3.05, 3.63) is 33.2 Å². The molecule has 1 saturated heterocycles. The molecule has 4 rings (SSSR count). The van der Waals surface area contributed by atoms with Gasteiger partial charge in [0.1, 0.15) is 11.1 Å². The van der Waals surface area contributed by atoms with E-state index in [1.165, 1.54) is 51.6 Å².